The number of ether oxygens (including phenoxy) is 1. The molecule has 4 nitrogen and oxygen atoms in total. The van der Waals surface area contributed by atoms with E-state index in [0.29, 0.717) is 18.4 Å². The van der Waals surface area contributed by atoms with Crippen molar-refractivity contribution in [2.75, 3.05) is 20.2 Å². The van der Waals surface area contributed by atoms with Crippen molar-refractivity contribution in [2.24, 2.45) is 5.92 Å². The van der Waals surface area contributed by atoms with Crippen molar-refractivity contribution in [1.29, 1.82) is 0 Å². The number of methoxy groups -OCH3 is 1. The summed E-state index contributed by atoms with van der Waals surface area (Å²) in [7, 11) is 1.47. The molecular formula is C18H22N2O2. The minimum Gasteiger partial charge on any atom is -0.469 e. The second-order valence-electron chi connectivity index (χ2n) is 6.46. The maximum atomic E-state index is 11.5. The first-order chi connectivity index (χ1) is 10.8. The van der Waals surface area contributed by atoms with Crippen LogP contribution in [0.1, 0.15) is 36.6 Å². The van der Waals surface area contributed by atoms with Gasteiger partial charge in [0.25, 0.3) is 0 Å². The third-order valence-corrected chi connectivity index (χ3v) is 5.37. The lowest BCUT2D eigenvalue weighted by Crippen LogP contribution is -2.32. The Morgan fingerprint density at radius 2 is 2.23 bits per heavy atom. The molecule has 2 aliphatic heterocycles. The molecule has 2 aromatic rings. The summed E-state index contributed by atoms with van der Waals surface area (Å²) in [5, 5.41) is 1.37. The van der Waals surface area contributed by atoms with Gasteiger partial charge in [-0.3, -0.25) is 9.69 Å². The number of benzene rings is 1. The van der Waals surface area contributed by atoms with E-state index in [4.69, 9.17) is 4.74 Å². The molecular weight excluding hydrogens is 276 g/mol. The second-order valence-corrected chi connectivity index (χ2v) is 6.46. The molecule has 0 radical (unpaired) electrons. The van der Waals surface area contributed by atoms with Crippen molar-refractivity contribution in [3.05, 3.63) is 35.5 Å². The molecule has 2 atom stereocenters. The van der Waals surface area contributed by atoms with E-state index in [1.807, 2.05) is 0 Å². The molecule has 1 aromatic carbocycles. The highest BCUT2D eigenvalue weighted by Gasteiger charge is 2.40. The number of para-hydroxylation sites is 1. The fraction of sp³-hybridized carbons (Fsp3) is 0.500. The summed E-state index contributed by atoms with van der Waals surface area (Å²) >= 11 is 0. The highest BCUT2D eigenvalue weighted by Crippen LogP contribution is 2.45. The van der Waals surface area contributed by atoms with Gasteiger partial charge in [0.15, 0.2) is 0 Å². The number of hydrogen-bond acceptors (Lipinski definition) is 3. The van der Waals surface area contributed by atoms with Crippen LogP contribution >= 0.6 is 0 Å². The van der Waals surface area contributed by atoms with Gasteiger partial charge in [0.1, 0.15) is 0 Å². The summed E-state index contributed by atoms with van der Waals surface area (Å²) in [4.78, 5) is 17.7. The molecule has 0 unspecified atom stereocenters. The Hall–Kier alpha value is -1.81. The molecule has 1 saturated heterocycles. The molecule has 0 aliphatic carbocycles. The van der Waals surface area contributed by atoms with Crippen LogP contribution in [0.4, 0.5) is 0 Å². The molecule has 4 rings (SSSR count). The fourth-order valence-corrected chi connectivity index (χ4v) is 4.30. The normalized spacial score (nSPS) is 24.2. The molecule has 4 heteroatoms. The lowest BCUT2D eigenvalue weighted by molar-refractivity contribution is -0.141. The largest absolute Gasteiger partial charge is 0.469 e. The summed E-state index contributed by atoms with van der Waals surface area (Å²) < 4.78 is 4.80. The Morgan fingerprint density at radius 1 is 1.36 bits per heavy atom. The number of hydrogen-bond donors (Lipinski definition) is 1. The monoisotopic (exact) mass is 298 g/mol. The average molecular weight is 298 g/mol. The molecule has 1 fully saturated rings. The number of carbonyl (C=O) groups excluding carboxylic acids is 1. The lowest BCUT2D eigenvalue weighted by Gasteiger charge is -2.32. The van der Waals surface area contributed by atoms with Gasteiger partial charge < -0.3 is 9.72 Å². The van der Waals surface area contributed by atoms with Crippen LogP contribution in [0.25, 0.3) is 10.9 Å². The van der Waals surface area contributed by atoms with Gasteiger partial charge in [-0.05, 0) is 43.4 Å². The van der Waals surface area contributed by atoms with Crippen LogP contribution in [0.3, 0.4) is 0 Å². The number of H-pyrrole nitrogens is 1. The van der Waals surface area contributed by atoms with Gasteiger partial charge in [-0.1, -0.05) is 18.2 Å². The van der Waals surface area contributed by atoms with Crippen LogP contribution in [0.5, 0.6) is 0 Å². The van der Waals surface area contributed by atoms with Crippen molar-refractivity contribution in [3.63, 3.8) is 0 Å². The van der Waals surface area contributed by atoms with Crippen LogP contribution in [-0.2, 0) is 16.0 Å². The Bertz CT molecular complexity index is 706. The summed E-state index contributed by atoms with van der Waals surface area (Å²) in [6.45, 7) is 2.28. The van der Waals surface area contributed by atoms with Crippen molar-refractivity contribution in [1.82, 2.24) is 9.88 Å². The van der Waals surface area contributed by atoms with Crippen molar-refractivity contribution in [3.8, 4) is 0 Å². The van der Waals surface area contributed by atoms with Gasteiger partial charge in [0.2, 0.25) is 0 Å². The van der Waals surface area contributed by atoms with Crippen LogP contribution in [-0.4, -0.2) is 36.1 Å². The van der Waals surface area contributed by atoms with Crippen LogP contribution < -0.4 is 0 Å². The molecule has 0 spiro atoms. The number of rotatable bonds is 3. The molecule has 2 aliphatic rings. The first-order valence-electron chi connectivity index (χ1n) is 8.18. The van der Waals surface area contributed by atoms with Crippen LogP contribution in [0.15, 0.2) is 24.3 Å². The maximum absolute atomic E-state index is 11.5. The Morgan fingerprint density at radius 3 is 3.09 bits per heavy atom. The third kappa shape index (κ3) is 2.13. The first kappa shape index (κ1) is 13.8. The summed E-state index contributed by atoms with van der Waals surface area (Å²) in [6, 6.07) is 9.04. The summed E-state index contributed by atoms with van der Waals surface area (Å²) in [5.41, 5.74) is 4.12. The first-order valence-corrected chi connectivity index (χ1v) is 8.18. The minimum atomic E-state index is -0.0915. The van der Waals surface area contributed by atoms with E-state index in [2.05, 4.69) is 34.1 Å². The molecule has 22 heavy (non-hydrogen) atoms. The van der Waals surface area contributed by atoms with E-state index in [1.165, 1.54) is 35.7 Å². The van der Waals surface area contributed by atoms with E-state index < -0.39 is 0 Å². The number of carbonyl (C=O) groups is 1. The van der Waals surface area contributed by atoms with Gasteiger partial charge in [0.05, 0.1) is 13.2 Å². The van der Waals surface area contributed by atoms with Crippen molar-refractivity contribution in [2.45, 2.75) is 31.7 Å². The van der Waals surface area contributed by atoms with Gasteiger partial charge in [-0.15, -0.1) is 0 Å². The van der Waals surface area contributed by atoms with Gasteiger partial charge in [0, 0.05) is 29.6 Å². The molecule has 0 amide bonds. The predicted octanol–water partition coefficient (Wildman–Crippen LogP) is 3.04. The minimum absolute atomic E-state index is 0.0915. The van der Waals surface area contributed by atoms with E-state index >= 15 is 0 Å². The number of aromatic amines is 1. The predicted molar refractivity (Wildman–Crippen MR) is 85.7 cm³/mol. The molecule has 0 bridgehead atoms. The van der Waals surface area contributed by atoms with Crippen molar-refractivity contribution < 1.29 is 9.53 Å². The summed E-state index contributed by atoms with van der Waals surface area (Å²) in [5.74, 6) is 0.456. The standard InChI is InChI=1S/C18H22N2O2/c1-22-16(21)7-6-12-8-10-20-11-9-14-13-4-2-3-5-15(13)19-17(14)18(12)20/h2-5,12,18-19H,6-11H2,1H3/t12-,18-/m1/s1. The number of aromatic nitrogens is 1. The Balaban J connectivity index is 1.66. The number of nitrogens with one attached hydrogen (secondary N) is 1. The average Bonchev–Trinajstić information content (AvgIpc) is 3.13. The van der Waals surface area contributed by atoms with Crippen molar-refractivity contribution >= 4 is 16.9 Å². The van der Waals surface area contributed by atoms with Crippen LogP contribution in [0.2, 0.25) is 0 Å². The SMILES string of the molecule is COC(=O)CC[C@@H]1CCN2CCc3c([nH]c4ccccc34)[C@@H]12. The Kier molecular flexibility index (Phi) is 3.41. The quantitative estimate of drug-likeness (QED) is 0.886. The van der Waals surface area contributed by atoms with Gasteiger partial charge in [-0.25, -0.2) is 0 Å². The highest BCUT2D eigenvalue weighted by molar-refractivity contribution is 5.85. The smallest absolute Gasteiger partial charge is 0.305 e. The summed E-state index contributed by atoms with van der Waals surface area (Å²) in [6.07, 6.45) is 3.75. The lowest BCUT2D eigenvalue weighted by atomic mass is 9.88. The highest BCUT2D eigenvalue weighted by atomic mass is 16.5. The van der Waals surface area contributed by atoms with E-state index in [-0.39, 0.29) is 5.97 Å². The third-order valence-electron chi connectivity index (χ3n) is 5.37. The number of esters is 1. The second kappa shape index (κ2) is 5.43. The molecule has 116 valence electrons. The molecule has 1 aromatic heterocycles. The molecule has 3 heterocycles. The van der Waals surface area contributed by atoms with Gasteiger partial charge >= 0.3 is 5.97 Å². The Labute approximate surface area is 130 Å². The maximum Gasteiger partial charge on any atom is 0.305 e. The van der Waals surface area contributed by atoms with E-state index in [9.17, 15) is 4.79 Å². The van der Waals surface area contributed by atoms with Gasteiger partial charge in [-0.2, -0.15) is 0 Å². The van der Waals surface area contributed by atoms with E-state index in [0.717, 1.165) is 25.9 Å². The zero-order valence-electron chi connectivity index (χ0n) is 13.0. The number of fused-ring (bicyclic) bond motifs is 5. The van der Waals surface area contributed by atoms with Crippen LogP contribution in [0, 0.1) is 5.92 Å². The fourth-order valence-electron chi connectivity index (χ4n) is 4.30. The molecule has 1 N–H and O–H groups in total. The van der Waals surface area contributed by atoms with E-state index in [1.54, 1.807) is 0 Å². The topological polar surface area (TPSA) is 45.3 Å². The molecule has 0 saturated carbocycles. The zero-order valence-corrected chi connectivity index (χ0v) is 13.0. The zero-order chi connectivity index (χ0) is 15.1. The number of nitrogens with zero attached hydrogens (tertiary/aromatic N) is 1.